The maximum absolute atomic E-state index is 12.3. The van der Waals surface area contributed by atoms with Gasteiger partial charge in [-0.25, -0.2) is 13.1 Å². The van der Waals surface area contributed by atoms with Crippen molar-refractivity contribution < 1.29 is 17.9 Å². The highest BCUT2D eigenvalue weighted by Crippen LogP contribution is 2.32. The molecule has 0 aromatic heterocycles. The first-order chi connectivity index (χ1) is 10.1. The van der Waals surface area contributed by atoms with Crippen molar-refractivity contribution in [3.8, 4) is 11.5 Å². The molecule has 0 saturated carbocycles. The SMILES string of the molecule is O=S(=O)(NCc1ccc2c(c1)OCO2)c1ccccc1Br. The van der Waals surface area contributed by atoms with Gasteiger partial charge in [-0.05, 0) is 45.8 Å². The normalized spacial score (nSPS) is 13.4. The predicted octanol–water partition coefficient (Wildman–Crippen LogP) is 2.66. The summed E-state index contributed by atoms with van der Waals surface area (Å²) in [7, 11) is -3.57. The molecule has 1 heterocycles. The number of rotatable bonds is 4. The molecule has 0 radical (unpaired) electrons. The third-order valence-electron chi connectivity index (χ3n) is 3.03. The van der Waals surface area contributed by atoms with Crippen molar-refractivity contribution in [3.05, 3.63) is 52.5 Å². The van der Waals surface area contributed by atoms with E-state index in [-0.39, 0.29) is 18.2 Å². The lowest BCUT2D eigenvalue weighted by Crippen LogP contribution is -2.23. The summed E-state index contributed by atoms with van der Waals surface area (Å²) in [6.45, 7) is 0.377. The van der Waals surface area contributed by atoms with Gasteiger partial charge in [0.15, 0.2) is 11.5 Å². The van der Waals surface area contributed by atoms with Crippen LogP contribution in [0.3, 0.4) is 0 Å². The molecule has 2 aromatic carbocycles. The Morgan fingerprint density at radius 1 is 1.10 bits per heavy atom. The molecule has 0 amide bonds. The fourth-order valence-corrected chi connectivity index (χ4v) is 3.99. The Kier molecular flexibility index (Phi) is 3.88. The number of nitrogens with one attached hydrogen (secondary N) is 1. The van der Waals surface area contributed by atoms with Gasteiger partial charge in [-0.2, -0.15) is 0 Å². The molecule has 0 bridgehead atoms. The van der Waals surface area contributed by atoms with Crippen LogP contribution in [0.1, 0.15) is 5.56 Å². The minimum atomic E-state index is -3.57. The van der Waals surface area contributed by atoms with Gasteiger partial charge in [0.2, 0.25) is 16.8 Å². The minimum absolute atomic E-state index is 0.181. The first kappa shape index (κ1) is 14.4. The number of hydrogen-bond acceptors (Lipinski definition) is 4. The van der Waals surface area contributed by atoms with Crippen LogP contribution in [0.25, 0.3) is 0 Å². The van der Waals surface area contributed by atoms with Crippen LogP contribution in [0, 0.1) is 0 Å². The molecular formula is C14H12BrNO4S. The van der Waals surface area contributed by atoms with Crippen molar-refractivity contribution in [1.29, 1.82) is 0 Å². The van der Waals surface area contributed by atoms with E-state index in [1.165, 1.54) is 0 Å². The molecule has 5 nitrogen and oxygen atoms in total. The predicted molar refractivity (Wildman–Crippen MR) is 80.7 cm³/mol. The Morgan fingerprint density at radius 3 is 2.67 bits per heavy atom. The first-order valence-corrected chi connectivity index (χ1v) is 8.46. The monoisotopic (exact) mass is 369 g/mol. The molecule has 0 unspecified atom stereocenters. The molecule has 110 valence electrons. The molecule has 1 aliphatic rings. The highest BCUT2D eigenvalue weighted by molar-refractivity contribution is 9.10. The van der Waals surface area contributed by atoms with Gasteiger partial charge in [-0.15, -0.1) is 0 Å². The van der Waals surface area contributed by atoms with Gasteiger partial charge in [0.25, 0.3) is 0 Å². The second-order valence-corrected chi connectivity index (χ2v) is 7.03. The topological polar surface area (TPSA) is 64.6 Å². The van der Waals surface area contributed by atoms with Crippen LogP contribution in [0.5, 0.6) is 11.5 Å². The average molecular weight is 370 g/mol. The lowest BCUT2D eigenvalue weighted by Gasteiger charge is -2.09. The lowest BCUT2D eigenvalue weighted by molar-refractivity contribution is 0.174. The fourth-order valence-electron chi connectivity index (χ4n) is 1.97. The van der Waals surface area contributed by atoms with Crippen LogP contribution >= 0.6 is 15.9 Å². The van der Waals surface area contributed by atoms with Gasteiger partial charge in [-0.1, -0.05) is 18.2 Å². The first-order valence-electron chi connectivity index (χ1n) is 6.19. The Bertz CT molecular complexity index is 776. The number of ether oxygens (including phenoxy) is 2. The van der Waals surface area contributed by atoms with Gasteiger partial charge in [-0.3, -0.25) is 0 Å². The van der Waals surface area contributed by atoms with E-state index in [9.17, 15) is 8.42 Å². The summed E-state index contributed by atoms with van der Waals surface area (Å²) in [5.74, 6) is 1.31. The summed E-state index contributed by atoms with van der Waals surface area (Å²) in [5.41, 5.74) is 0.801. The van der Waals surface area contributed by atoms with Crippen molar-refractivity contribution in [1.82, 2.24) is 4.72 Å². The summed E-state index contributed by atoms with van der Waals surface area (Å²) < 4.78 is 38.1. The molecule has 0 atom stereocenters. The van der Waals surface area contributed by atoms with Gasteiger partial charge in [0.1, 0.15) is 0 Å². The molecular weight excluding hydrogens is 358 g/mol. The Labute approximate surface area is 131 Å². The minimum Gasteiger partial charge on any atom is -0.454 e. The molecule has 0 saturated heterocycles. The highest BCUT2D eigenvalue weighted by Gasteiger charge is 2.18. The van der Waals surface area contributed by atoms with Crippen molar-refractivity contribution >= 4 is 26.0 Å². The van der Waals surface area contributed by atoms with Crippen LogP contribution in [-0.4, -0.2) is 15.2 Å². The number of fused-ring (bicyclic) bond motifs is 1. The van der Waals surface area contributed by atoms with Crippen LogP contribution in [0.15, 0.2) is 51.8 Å². The van der Waals surface area contributed by atoms with E-state index in [4.69, 9.17) is 9.47 Å². The molecule has 1 N–H and O–H groups in total. The third-order valence-corrected chi connectivity index (χ3v) is 5.44. The van der Waals surface area contributed by atoms with E-state index in [1.807, 2.05) is 0 Å². The maximum atomic E-state index is 12.3. The Hall–Kier alpha value is -1.57. The molecule has 0 aliphatic carbocycles. The second-order valence-electron chi connectivity index (χ2n) is 4.44. The molecule has 3 rings (SSSR count). The summed E-state index contributed by atoms with van der Waals surface area (Å²) in [4.78, 5) is 0.214. The quantitative estimate of drug-likeness (QED) is 0.899. The Balaban J connectivity index is 1.77. The van der Waals surface area contributed by atoms with Crippen molar-refractivity contribution in [2.24, 2.45) is 0 Å². The van der Waals surface area contributed by atoms with E-state index in [1.54, 1.807) is 42.5 Å². The van der Waals surface area contributed by atoms with Crippen molar-refractivity contribution in [2.75, 3.05) is 6.79 Å². The fraction of sp³-hybridized carbons (Fsp3) is 0.143. The van der Waals surface area contributed by atoms with E-state index >= 15 is 0 Å². The molecule has 7 heteroatoms. The molecule has 0 fully saturated rings. The lowest BCUT2D eigenvalue weighted by atomic mass is 10.2. The van der Waals surface area contributed by atoms with Gasteiger partial charge in [0.05, 0.1) is 4.90 Å². The smallest absolute Gasteiger partial charge is 0.241 e. The highest BCUT2D eigenvalue weighted by atomic mass is 79.9. The van der Waals surface area contributed by atoms with E-state index in [0.717, 1.165) is 5.56 Å². The summed E-state index contributed by atoms with van der Waals surface area (Å²) in [6.07, 6.45) is 0. The summed E-state index contributed by atoms with van der Waals surface area (Å²) in [6, 6.07) is 12.0. The van der Waals surface area contributed by atoms with Gasteiger partial charge in [0, 0.05) is 11.0 Å². The molecule has 1 aliphatic heterocycles. The van der Waals surface area contributed by atoms with Crippen molar-refractivity contribution in [3.63, 3.8) is 0 Å². The number of benzene rings is 2. The summed E-state index contributed by atoms with van der Waals surface area (Å²) in [5, 5.41) is 0. The van der Waals surface area contributed by atoms with Crippen LogP contribution in [0.4, 0.5) is 0 Å². The number of sulfonamides is 1. The van der Waals surface area contributed by atoms with Crippen LogP contribution in [0.2, 0.25) is 0 Å². The van der Waals surface area contributed by atoms with E-state index in [2.05, 4.69) is 20.7 Å². The zero-order valence-corrected chi connectivity index (χ0v) is 13.3. The number of halogens is 1. The summed E-state index contributed by atoms with van der Waals surface area (Å²) >= 11 is 3.24. The van der Waals surface area contributed by atoms with Crippen LogP contribution in [-0.2, 0) is 16.6 Å². The van der Waals surface area contributed by atoms with Gasteiger partial charge >= 0.3 is 0 Å². The second kappa shape index (κ2) is 5.67. The average Bonchev–Trinajstić information content (AvgIpc) is 2.93. The van der Waals surface area contributed by atoms with Crippen LogP contribution < -0.4 is 14.2 Å². The third kappa shape index (κ3) is 3.04. The zero-order valence-electron chi connectivity index (χ0n) is 10.9. The maximum Gasteiger partial charge on any atom is 0.241 e. The standard InChI is InChI=1S/C14H12BrNO4S/c15-11-3-1-2-4-14(11)21(17,18)16-8-10-5-6-12-13(7-10)20-9-19-12/h1-7,16H,8-9H2. The largest absolute Gasteiger partial charge is 0.454 e. The zero-order chi connectivity index (χ0) is 14.9. The molecule has 21 heavy (non-hydrogen) atoms. The molecule has 0 spiro atoms. The van der Waals surface area contributed by atoms with Crippen molar-refractivity contribution in [2.45, 2.75) is 11.4 Å². The Morgan fingerprint density at radius 2 is 1.86 bits per heavy atom. The van der Waals surface area contributed by atoms with Gasteiger partial charge < -0.3 is 9.47 Å². The van der Waals surface area contributed by atoms with E-state index in [0.29, 0.717) is 16.0 Å². The number of hydrogen-bond donors (Lipinski definition) is 1. The molecule has 2 aromatic rings. The van der Waals surface area contributed by atoms with E-state index < -0.39 is 10.0 Å².